The predicted molar refractivity (Wildman–Crippen MR) is 66.1 cm³/mol. The SMILES string of the molecule is NS(=O)(=O)c1ccc([C@@H]2[C@@H](C(=O)O)C2(Cl)Cl)cc1. The maximum atomic E-state index is 11.1. The van der Waals surface area contributed by atoms with E-state index in [0.717, 1.165) is 0 Å². The maximum Gasteiger partial charge on any atom is 0.310 e. The van der Waals surface area contributed by atoms with E-state index in [0.29, 0.717) is 5.56 Å². The lowest BCUT2D eigenvalue weighted by Gasteiger charge is -2.02. The van der Waals surface area contributed by atoms with E-state index < -0.39 is 32.2 Å². The molecule has 0 saturated heterocycles. The minimum absolute atomic E-state index is 0.0477. The normalized spacial score (nSPS) is 25.7. The Bertz CT molecular complexity index is 597. The standard InChI is InChI=1S/C10H9Cl2NO4S/c11-10(12)7(8(10)9(14)15)5-1-3-6(4-2-5)18(13,16)17/h1-4,7-8H,(H,14,15)(H2,13,16,17)/t7-,8+/m1/s1. The second kappa shape index (κ2) is 4.09. The van der Waals surface area contributed by atoms with Crippen molar-refractivity contribution < 1.29 is 18.3 Å². The van der Waals surface area contributed by atoms with Gasteiger partial charge in [-0.1, -0.05) is 35.3 Å². The van der Waals surface area contributed by atoms with Gasteiger partial charge in [-0.2, -0.15) is 0 Å². The van der Waals surface area contributed by atoms with E-state index in [2.05, 4.69) is 0 Å². The zero-order valence-corrected chi connectivity index (χ0v) is 11.2. The zero-order chi connectivity index (χ0) is 13.7. The van der Waals surface area contributed by atoms with E-state index >= 15 is 0 Å². The van der Waals surface area contributed by atoms with Crippen molar-refractivity contribution >= 4 is 39.2 Å². The highest BCUT2D eigenvalue weighted by atomic mass is 35.5. The van der Waals surface area contributed by atoms with Crippen molar-refractivity contribution in [3.63, 3.8) is 0 Å². The van der Waals surface area contributed by atoms with Gasteiger partial charge in [-0.3, -0.25) is 4.79 Å². The van der Waals surface area contributed by atoms with Crippen molar-refractivity contribution in [1.82, 2.24) is 0 Å². The molecule has 18 heavy (non-hydrogen) atoms. The molecular weight excluding hydrogens is 301 g/mol. The van der Waals surface area contributed by atoms with Crippen LogP contribution in [0.25, 0.3) is 0 Å². The molecule has 0 spiro atoms. The van der Waals surface area contributed by atoms with E-state index in [1.165, 1.54) is 24.3 Å². The van der Waals surface area contributed by atoms with E-state index in [4.69, 9.17) is 33.4 Å². The van der Waals surface area contributed by atoms with Crippen LogP contribution in [0.1, 0.15) is 11.5 Å². The van der Waals surface area contributed by atoms with Gasteiger partial charge in [0, 0.05) is 5.92 Å². The first-order valence-electron chi connectivity index (χ1n) is 4.89. The molecule has 1 fully saturated rings. The van der Waals surface area contributed by atoms with Crippen LogP contribution < -0.4 is 5.14 Å². The molecule has 0 aliphatic heterocycles. The van der Waals surface area contributed by atoms with Crippen molar-refractivity contribution in [2.45, 2.75) is 15.1 Å². The Morgan fingerprint density at radius 3 is 2.11 bits per heavy atom. The Hall–Kier alpha value is -0.820. The van der Waals surface area contributed by atoms with Crippen molar-refractivity contribution in [2.24, 2.45) is 11.1 Å². The van der Waals surface area contributed by atoms with Crippen molar-refractivity contribution in [3.8, 4) is 0 Å². The third kappa shape index (κ3) is 2.21. The molecule has 0 amide bonds. The molecule has 1 aliphatic rings. The molecule has 5 nitrogen and oxygen atoms in total. The molecule has 1 aliphatic carbocycles. The minimum Gasteiger partial charge on any atom is -0.481 e. The van der Waals surface area contributed by atoms with E-state index in [1.54, 1.807) is 0 Å². The number of alkyl halides is 2. The fraction of sp³-hybridized carbons (Fsp3) is 0.300. The molecular formula is C10H9Cl2NO4S. The summed E-state index contributed by atoms with van der Waals surface area (Å²) < 4.78 is 20.8. The van der Waals surface area contributed by atoms with Gasteiger partial charge in [0.25, 0.3) is 0 Å². The molecule has 1 saturated carbocycles. The first-order valence-corrected chi connectivity index (χ1v) is 7.19. The third-order valence-corrected chi connectivity index (χ3v) is 4.76. The average Bonchev–Trinajstić information content (AvgIpc) is 2.80. The van der Waals surface area contributed by atoms with Crippen molar-refractivity contribution in [3.05, 3.63) is 29.8 Å². The number of rotatable bonds is 3. The lowest BCUT2D eigenvalue weighted by atomic mass is 10.1. The van der Waals surface area contributed by atoms with Gasteiger partial charge in [0.2, 0.25) is 10.0 Å². The summed E-state index contributed by atoms with van der Waals surface area (Å²) in [4.78, 5) is 10.9. The van der Waals surface area contributed by atoms with Crippen LogP contribution in [0.2, 0.25) is 0 Å². The molecule has 0 radical (unpaired) electrons. The summed E-state index contributed by atoms with van der Waals surface area (Å²) in [6.07, 6.45) is 0. The van der Waals surface area contributed by atoms with Crippen LogP contribution in [-0.4, -0.2) is 23.8 Å². The fourth-order valence-corrected chi connectivity index (χ4v) is 3.25. The molecule has 1 aromatic rings. The molecule has 1 aromatic carbocycles. The lowest BCUT2D eigenvalue weighted by Crippen LogP contribution is -2.11. The zero-order valence-electron chi connectivity index (χ0n) is 8.88. The number of benzene rings is 1. The summed E-state index contributed by atoms with van der Waals surface area (Å²) in [5, 5.41) is 13.9. The van der Waals surface area contributed by atoms with Crippen LogP contribution >= 0.6 is 23.2 Å². The first kappa shape index (κ1) is 13.6. The number of primary sulfonamides is 1. The van der Waals surface area contributed by atoms with Crippen molar-refractivity contribution in [2.75, 3.05) is 0 Å². The Balaban J connectivity index is 2.30. The lowest BCUT2D eigenvalue weighted by molar-refractivity contribution is -0.138. The second-order valence-corrected chi connectivity index (χ2v) is 7.09. The van der Waals surface area contributed by atoms with Crippen LogP contribution in [0.15, 0.2) is 29.2 Å². The highest BCUT2D eigenvalue weighted by Gasteiger charge is 2.68. The second-order valence-electron chi connectivity index (χ2n) is 4.08. The van der Waals surface area contributed by atoms with Crippen molar-refractivity contribution in [1.29, 1.82) is 0 Å². The maximum absolute atomic E-state index is 11.1. The molecule has 0 unspecified atom stereocenters. The number of halogens is 2. The number of aliphatic carboxylic acids is 1. The van der Waals surface area contributed by atoms with Gasteiger partial charge in [0.15, 0.2) is 0 Å². The summed E-state index contributed by atoms with van der Waals surface area (Å²) in [6.45, 7) is 0. The molecule has 8 heteroatoms. The largest absolute Gasteiger partial charge is 0.481 e. The fourth-order valence-electron chi connectivity index (χ4n) is 1.91. The number of carboxylic acids is 1. The third-order valence-electron chi connectivity index (χ3n) is 2.89. The molecule has 2 atom stereocenters. The molecule has 3 N–H and O–H groups in total. The highest BCUT2D eigenvalue weighted by molar-refractivity contribution is 7.89. The first-order chi connectivity index (χ1) is 8.15. The number of carboxylic acid groups (broad SMARTS) is 1. The van der Waals surface area contributed by atoms with Gasteiger partial charge in [0.05, 0.1) is 10.8 Å². The van der Waals surface area contributed by atoms with Gasteiger partial charge in [-0.05, 0) is 17.7 Å². The Morgan fingerprint density at radius 1 is 1.28 bits per heavy atom. The molecule has 2 rings (SSSR count). The van der Waals surface area contributed by atoms with E-state index in [9.17, 15) is 13.2 Å². The predicted octanol–water partition coefficient (Wildman–Crippen LogP) is 1.31. The Labute approximate surface area is 114 Å². The van der Waals surface area contributed by atoms with E-state index in [-0.39, 0.29) is 4.90 Å². The number of hydrogen-bond donors (Lipinski definition) is 2. The van der Waals surface area contributed by atoms with Gasteiger partial charge in [-0.25, -0.2) is 13.6 Å². The Kier molecular flexibility index (Phi) is 3.09. The van der Waals surface area contributed by atoms with Crippen LogP contribution in [0, 0.1) is 5.92 Å². The molecule has 98 valence electrons. The van der Waals surface area contributed by atoms with Crippen LogP contribution in [0.3, 0.4) is 0 Å². The van der Waals surface area contributed by atoms with Gasteiger partial charge < -0.3 is 5.11 Å². The smallest absolute Gasteiger partial charge is 0.310 e. The summed E-state index contributed by atoms with van der Waals surface area (Å²) in [5.41, 5.74) is 0.569. The number of nitrogens with two attached hydrogens (primary N) is 1. The molecule has 0 heterocycles. The summed E-state index contributed by atoms with van der Waals surface area (Å²) in [7, 11) is -3.77. The summed E-state index contributed by atoms with van der Waals surface area (Å²) in [5.74, 6) is -2.52. The topological polar surface area (TPSA) is 97.5 Å². The monoisotopic (exact) mass is 309 g/mol. The van der Waals surface area contributed by atoms with Gasteiger partial charge in [0.1, 0.15) is 4.33 Å². The quantitative estimate of drug-likeness (QED) is 0.822. The van der Waals surface area contributed by atoms with Crippen LogP contribution in [0.4, 0.5) is 0 Å². The average molecular weight is 310 g/mol. The Morgan fingerprint density at radius 2 is 1.78 bits per heavy atom. The minimum atomic E-state index is -3.77. The molecule has 0 aromatic heterocycles. The number of carbonyl (C=O) groups is 1. The number of hydrogen-bond acceptors (Lipinski definition) is 3. The van der Waals surface area contributed by atoms with E-state index in [1.807, 2.05) is 0 Å². The number of sulfonamides is 1. The van der Waals surface area contributed by atoms with Gasteiger partial charge >= 0.3 is 5.97 Å². The summed E-state index contributed by atoms with van der Waals surface area (Å²) in [6, 6.07) is 5.53. The molecule has 0 bridgehead atoms. The van der Waals surface area contributed by atoms with Crippen LogP contribution in [-0.2, 0) is 14.8 Å². The van der Waals surface area contributed by atoms with Gasteiger partial charge in [-0.15, -0.1) is 0 Å². The van der Waals surface area contributed by atoms with Crippen LogP contribution in [0.5, 0.6) is 0 Å². The summed E-state index contributed by atoms with van der Waals surface area (Å²) >= 11 is 11.7. The highest BCUT2D eigenvalue weighted by Crippen LogP contribution is 2.64.